The summed E-state index contributed by atoms with van der Waals surface area (Å²) in [6.07, 6.45) is 7.40. The Morgan fingerprint density at radius 2 is 1.72 bits per heavy atom. The van der Waals surface area contributed by atoms with Gasteiger partial charge < -0.3 is 14.0 Å². The van der Waals surface area contributed by atoms with Crippen LogP contribution in [0.5, 0.6) is 17.2 Å². The smallest absolute Gasteiger partial charge is 0.173 e. The molecule has 0 N–H and O–H groups in total. The van der Waals surface area contributed by atoms with E-state index in [0.29, 0.717) is 24.5 Å². The SMILES string of the molecule is O=C1CCCc2c1ccc(OC(Cn1ccnc1)c1ccccc1)c2Oc1ccccc1. The molecule has 1 aliphatic rings. The molecular formula is C27H24N2O3. The van der Waals surface area contributed by atoms with E-state index < -0.39 is 0 Å². The molecule has 0 radical (unpaired) electrons. The number of nitrogens with zero attached hydrogens (tertiary/aromatic N) is 2. The van der Waals surface area contributed by atoms with Crippen molar-refractivity contribution >= 4 is 5.78 Å². The summed E-state index contributed by atoms with van der Waals surface area (Å²) >= 11 is 0. The van der Waals surface area contributed by atoms with Crippen LogP contribution in [-0.4, -0.2) is 15.3 Å². The molecule has 5 nitrogen and oxygen atoms in total. The lowest BCUT2D eigenvalue weighted by Crippen LogP contribution is -2.17. The fraction of sp³-hybridized carbons (Fsp3) is 0.185. The molecule has 4 aromatic rings. The Labute approximate surface area is 187 Å². The highest BCUT2D eigenvalue weighted by Crippen LogP contribution is 2.42. The molecule has 5 rings (SSSR count). The number of hydrogen-bond acceptors (Lipinski definition) is 4. The molecule has 3 aromatic carbocycles. The van der Waals surface area contributed by atoms with Crippen LogP contribution in [0.15, 0.2) is 91.5 Å². The predicted molar refractivity (Wildman–Crippen MR) is 122 cm³/mol. The molecule has 32 heavy (non-hydrogen) atoms. The maximum Gasteiger partial charge on any atom is 0.173 e. The van der Waals surface area contributed by atoms with Gasteiger partial charge in [0.15, 0.2) is 17.3 Å². The van der Waals surface area contributed by atoms with E-state index in [1.165, 1.54) is 0 Å². The summed E-state index contributed by atoms with van der Waals surface area (Å²) in [5.74, 6) is 2.15. The summed E-state index contributed by atoms with van der Waals surface area (Å²) in [6.45, 7) is 0.602. The van der Waals surface area contributed by atoms with Gasteiger partial charge in [0.05, 0.1) is 12.9 Å². The number of ether oxygens (including phenoxy) is 2. The highest BCUT2D eigenvalue weighted by atomic mass is 16.5. The summed E-state index contributed by atoms with van der Waals surface area (Å²) in [7, 11) is 0. The van der Waals surface area contributed by atoms with E-state index in [9.17, 15) is 4.79 Å². The van der Waals surface area contributed by atoms with Crippen molar-refractivity contribution in [3.63, 3.8) is 0 Å². The minimum Gasteiger partial charge on any atom is -0.480 e. The molecule has 0 saturated carbocycles. The second-order valence-corrected chi connectivity index (χ2v) is 7.89. The van der Waals surface area contributed by atoms with Crippen LogP contribution in [-0.2, 0) is 13.0 Å². The first-order valence-corrected chi connectivity index (χ1v) is 10.9. The molecule has 0 fully saturated rings. The van der Waals surface area contributed by atoms with E-state index in [-0.39, 0.29) is 11.9 Å². The van der Waals surface area contributed by atoms with E-state index in [0.717, 1.165) is 35.3 Å². The van der Waals surface area contributed by atoms with Gasteiger partial charge in [-0.25, -0.2) is 4.98 Å². The van der Waals surface area contributed by atoms with Gasteiger partial charge in [-0.1, -0.05) is 48.5 Å². The first-order chi connectivity index (χ1) is 15.8. The number of para-hydroxylation sites is 1. The van der Waals surface area contributed by atoms with Crippen LogP contribution in [0.2, 0.25) is 0 Å². The van der Waals surface area contributed by atoms with Gasteiger partial charge in [-0.3, -0.25) is 4.79 Å². The Bertz CT molecular complexity index is 1190. The Morgan fingerprint density at radius 1 is 0.938 bits per heavy atom. The summed E-state index contributed by atoms with van der Waals surface area (Å²) in [6, 6.07) is 23.5. The lowest BCUT2D eigenvalue weighted by atomic mass is 9.89. The Balaban J connectivity index is 1.55. The van der Waals surface area contributed by atoms with Crippen LogP contribution in [0.4, 0.5) is 0 Å². The number of fused-ring (bicyclic) bond motifs is 1. The third-order valence-corrected chi connectivity index (χ3v) is 5.69. The van der Waals surface area contributed by atoms with Crippen LogP contribution in [0.3, 0.4) is 0 Å². The molecule has 160 valence electrons. The standard InChI is InChI=1S/C27H24N2O3/c30-24-13-7-12-23-22(24)14-15-25(27(23)31-21-10-5-2-6-11-21)32-26(18-29-17-16-28-19-29)20-8-3-1-4-9-20/h1-6,8-11,14-17,19,26H,7,12-13,18H2. The molecule has 0 spiro atoms. The zero-order chi connectivity index (χ0) is 21.8. The number of carbonyl (C=O) groups excluding carboxylic acids is 1. The Hall–Kier alpha value is -3.86. The maximum atomic E-state index is 12.6. The topological polar surface area (TPSA) is 53.4 Å². The van der Waals surface area contributed by atoms with E-state index in [1.807, 2.05) is 71.4 Å². The first kappa shape index (κ1) is 20.1. The zero-order valence-electron chi connectivity index (χ0n) is 17.7. The first-order valence-electron chi connectivity index (χ1n) is 10.9. The second kappa shape index (κ2) is 9.10. The summed E-state index contributed by atoms with van der Waals surface area (Å²) in [5, 5.41) is 0. The van der Waals surface area contributed by atoms with Gasteiger partial charge in [0, 0.05) is 29.9 Å². The molecule has 1 heterocycles. The Morgan fingerprint density at radius 3 is 2.47 bits per heavy atom. The number of aromatic nitrogens is 2. The lowest BCUT2D eigenvalue weighted by molar-refractivity contribution is 0.0971. The molecule has 1 unspecified atom stereocenters. The molecular weight excluding hydrogens is 400 g/mol. The fourth-order valence-electron chi connectivity index (χ4n) is 4.11. The average molecular weight is 425 g/mol. The number of Topliss-reactive ketones (excluding diaryl/α,β-unsaturated/α-hetero) is 1. The van der Waals surface area contributed by atoms with E-state index in [1.54, 1.807) is 12.5 Å². The lowest BCUT2D eigenvalue weighted by Gasteiger charge is -2.25. The Kier molecular flexibility index (Phi) is 5.71. The van der Waals surface area contributed by atoms with Crippen molar-refractivity contribution < 1.29 is 14.3 Å². The second-order valence-electron chi connectivity index (χ2n) is 7.89. The number of imidazole rings is 1. The van der Waals surface area contributed by atoms with Gasteiger partial charge in [-0.05, 0) is 42.7 Å². The van der Waals surface area contributed by atoms with Gasteiger partial charge in [-0.15, -0.1) is 0 Å². The van der Waals surface area contributed by atoms with Gasteiger partial charge in [0.25, 0.3) is 0 Å². The largest absolute Gasteiger partial charge is 0.480 e. The fourth-order valence-corrected chi connectivity index (χ4v) is 4.11. The zero-order valence-corrected chi connectivity index (χ0v) is 17.7. The van der Waals surface area contributed by atoms with Crippen LogP contribution in [0.1, 0.15) is 40.4 Å². The predicted octanol–water partition coefficient (Wildman–Crippen LogP) is 6.01. The summed E-state index contributed by atoms with van der Waals surface area (Å²) in [4.78, 5) is 16.7. The van der Waals surface area contributed by atoms with Crippen molar-refractivity contribution in [2.24, 2.45) is 0 Å². The van der Waals surface area contributed by atoms with Gasteiger partial charge in [-0.2, -0.15) is 0 Å². The minimum absolute atomic E-state index is 0.161. The van der Waals surface area contributed by atoms with Crippen molar-refractivity contribution in [1.82, 2.24) is 9.55 Å². The molecule has 5 heteroatoms. The average Bonchev–Trinajstić information content (AvgIpc) is 3.35. The van der Waals surface area contributed by atoms with E-state index in [2.05, 4.69) is 17.1 Å². The van der Waals surface area contributed by atoms with Gasteiger partial charge in [0.2, 0.25) is 0 Å². The van der Waals surface area contributed by atoms with Crippen molar-refractivity contribution in [3.8, 4) is 17.2 Å². The molecule has 0 aliphatic heterocycles. The highest BCUT2D eigenvalue weighted by molar-refractivity contribution is 5.99. The van der Waals surface area contributed by atoms with Crippen LogP contribution in [0.25, 0.3) is 0 Å². The quantitative estimate of drug-likeness (QED) is 0.364. The molecule has 1 aromatic heterocycles. The third kappa shape index (κ3) is 4.28. The van der Waals surface area contributed by atoms with Gasteiger partial charge in [0.1, 0.15) is 11.9 Å². The van der Waals surface area contributed by atoms with Crippen LogP contribution < -0.4 is 9.47 Å². The highest BCUT2D eigenvalue weighted by Gasteiger charge is 2.26. The van der Waals surface area contributed by atoms with Crippen LogP contribution >= 0.6 is 0 Å². The van der Waals surface area contributed by atoms with E-state index in [4.69, 9.17) is 9.47 Å². The van der Waals surface area contributed by atoms with Crippen molar-refractivity contribution in [2.45, 2.75) is 31.9 Å². The van der Waals surface area contributed by atoms with E-state index >= 15 is 0 Å². The number of ketones is 1. The number of hydrogen-bond donors (Lipinski definition) is 0. The van der Waals surface area contributed by atoms with Crippen LogP contribution in [0, 0.1) is 0 Å². The normalized spacial score (nSPS) is 13.9. The molecule has 1 aliphatic carbocycles. The number of carbonyl (C=O) groups is 1. The molecule has 1 atom stereocenters. The maximum absolute atomic E-state index is 12.6. The number of benzene rings is 3. The number of rotatable bonds is 7. The van der Waals surface area contributed by atoms with Gasteiger partial charge >= 0.3 is 0 Å². The van der Waals surface area contributed by atoms with Crippen molar-refractivity contribution in [2.75, 3.05) is 0 Å². The van der Waals surface area contributed by atoms with Crippen molar-refractivity contribution in [1.29, 1.82) is 0 Å². The van der Waals surface area contributed by atoms with Crippen molar-refractivity contribution in [3.05, 3.63) is 108 Å². The summed E-state index contributed by atoms with van der Waals surface area (Å²) in [5.41, 5.74) is 2.72. The minimum atomic E-state index is -0.249. The summed E-state index contributed by atoms with van der Waals surface area (Å²) < 4.78 is 14.9. The monoisotopic (exact) mass is 424 g/mol. The molecule has 0 bridgehead atoms. The molecule has 0 saturated heterocycles. The third-order valence-electron chi connectivity index (χ3n) is 5.69. The molecule has 0 amide bonds.